The molecule has 0 fully saturated rings. The fourth-order valence-corrected chi connectivity index (χ4v) is 1.91. The largest absolute Gasteiger partial charge is 0.480 e. The molecule has 5 nitrogen and oxygen atoms in total. The summed E-state index contributed by atoms with van der Waals surface area (Å²) in [5.41, 5.74) is 0.490. The van der Waals surface area contributed by atoms with Crippen LogP contribution in [0.1, 0.15) is 30.6 Å². The molecule has 1 atom stereocenters. The zero-order valence-corrected chi connectivity index (χ0v) is 11.9. The Labute approximate surface area is 119 Å². The predicted molar refractivity (Wildman–Crippen MR) is 75.7 cm³/mol. The maximum atomic E-state index is 12.5. The number of hydrogen-bond donors (Lipinski definition) is 1. The highest BCUT2D eigenvalue weighted by Crippen LogP contribution is 2.10. The van der Waals surface area contributed by atoms with E-state index >= 15 is 0 Å². The van der Waals surface area contributed by atoms with Crippen molar-refractivity contribution in [1.82, 2.24) is 4.90 Å². The number of nitrogens with zero attached hydrogens (tertiary/aromatic N) is 1. The van der Waals surface area contributed by atoms with Crippen molar-refractivity contribution in [2.45, 2.75) is 26.3 Å². The van der Waals surface area contributed by atoms with E-state index in [1.54, 1.807) is 31.2 Å². The van der Waals surface area contributed by atoms with Crippen LogP contribution in [0.15, 0.2) is 30.3 Å². The van der Waals surface area contributed by atoms with Gasteiger partial charge in [-0.05, 0) is 25.5 Å². The molecule has 1 rings (SSSR count). The first-order valence-corrected chi connectivity index (χ1v) is 6.78. The van der Waals surface area contributed by atoms with Gasteiger partial charge in [-0.3, -0.25) is 4.79 Å². The topological polar surface area (TPSA) is 66.8 Å². The van der Waals surface area contributed by atoms with Crippen molar-refractivity contribution < 1.29 is 19.4 Å². The Morgan fingerprint density at radius 2 is 1.90 bits per heavy atom. The third-order valence-electron chi connectivity index (χ3n) is 2.89. The van der Waals surface area contributed by atoms with Crippen molar-refractivity contribution in [3.8, 4) is 0 Å². The highest BCUT2D eigenvalue weighted by Gasteiger charge is 2.29. The molecule has 0 spiro atoms. The number of hydrogen-bond acceptors (Lipinski definition) is 3. The summed E-state index contributed by atoms with van der Waals surface area (Å²) < 4.78 is 5.20. The summed E-state index contributed by atoms with van der Waals surface area (Å²) in [5, 5.41) is 9.32. The normalized spacial score (nSPS) is 11.9. The number of amides is 1. The van der Waals surface area contributed by atoms with Crippen molar-refractivity contribution in [3.63, 3.8) is 0 Å². The molecule has 1 N–H and O–H groups in total. The van der Waals surface area contributed by atoms with Crippen LogP contribution in [-0.4, -0.2) is 47.7 Å². The number of aliphatic carboxylic acids is 1. The monoisotopic (exact) mass is 279 g/mol. The first kappa shape index (κ1) is 16.2. The molecule has 0 aliphatic heterocycles. The van der Waals surface area contributed by atoms with E-state index in [0.717, 1.165) is 0 Å². The van der Waals surface area contributed by atoms with Gasteiger partial charge in [0.25, 0.3) is 5.91 Å². The molecule has 20 heavy (non-hydrogen) atoms. The molecule has 1 aromatic rings. The average molecular weight is 279 g/mol. The quantitative estimate of drug-likeness (QED) is 0.790. The Kier molecular flexibility index (Phi) is 6.73. The molecule has 0 radical (unpaired) electrons. The van der Waals surface area contributed by atoms with Gasteiger partial charge in [-0.25, -0.2) is 4.79 Å². The lowest BCUT2D eigenvalue weighted by molar-refractivity contribution is -0.144. The summed E-state index contributed by atoms with van der Waals surface area (Å²) >= 11 is 0. The van der Waals surface area contributed by atoms with Gasteiger partial charge >= 0.3 is 5.97 Å². The molecule has 0 aliphatic rings. The Bertz CT molecular complexity index is 433. The number of carbonyl (C=O) groups excluding carboxylic acids is 1. The second-order valence-electron chi connectivity index (χ2n) is 4.38. The number of benzene rings is 1. The van der Waals surface area contributed by atoms with Gasteiger partial charge in [-0.15, -0.1) is 0 Å². The molecular weight excluding hydrogens is 258 g/mol. The van der Waals surface area contributed by atoms with E-state index in [-0.39, 0.29) is 12.5 Å². The number of carbonyl (C=O) groups is 2. The lowest BCUT2D eigenvalue weighted by atomic mass is 10.1. The molecular formula is C15H21NO4. The summed E-state index contributed by atoms with van der Waals surface area (Å²) in [6.07, 6.45) is 0.689. The van der Waals surface area contributed by atoms with Gasteiger partial charge in [0.15, 0.2) is 6.04 Å². The first-order chi connectivity index (χ1) is 9.61. The maximum Gasteiger partial charge on any atom is 0.328 e. The van der Waals surface area contributed by atoms with E-state index < -0.39 is 12.0 Å². The Hall–Kier alpha value is -1.88. The van der Waals surface area contributed by atoms with Crippen LogP contribution in [0.5, 0.6) is 0 Å². The van der Waals surface area contributed by atoms with Crippen molar-refractivity contribution in [3.05, 3.63) is 35.9 Å². The van der Waals surface area contributed by atoms with E-state index in [1.165, 1.54) is 4.90 Å². The van der Waals surface area contributed by atoms with Gasteiger partial charge in [-0.2, -0.15) is 0 Å². The zero-order valence-electron chi connectivity index (χ0n) is 11.9. The minimum atomic E-state index is -1.05. The summed E-state index contributed by atoms with van der Waals surface area (Å²) in [4.78, 5) is 25.2. The molecule has 0 aliphatic carbocycles. The van der Waals surface area contributed by atoms with Crippen LogP contribution in [0.3, 0.4) is 0 Å². The van der Waals surface area contributed by atoms with Crippen molar-refractivity contribution >= 4 is 11.9 Å². The van der Waals surface area contributed by atoms with Gasteiger partial charge in [0.1, 0.15) is 0 Å². The molecule has 0 bridgehead atoms. The average Bonchev–Trinajstić information content (AvgIpc) is 2.46. The number of carboxylic acids is 1. The van der Waals surface area contributed by atoms with Crippen LogP contribution in [0, 0.1) is 0 Å². The van der Waals surface area contributed by atoms with E-state index in [2.05, 4.69) is 0 Å². The van der Waals surface area contributed by atoms with Gasteiger partial charge in [-0.1, -0.05) is 25.1 Å². The third kappa shape index (κ3) is 4.35. The fraction of sp³-hybridized carbons (Fsp3) is 0.467. The van der Waals surface area contributed by atoms with Crippen LogP contribution in [0.4, 0.5) is 0 Å². The lowest BCUT2D eigenvalue weighted by Gasteiger charge is -2.28. The second kappa shape index (κ2) is 8.32. The molecule has 0 heterocycles. The summed E-state index contributed by atoms with van der Waals surface area (Å²) in [7, 11) is 0. The van der Waals surface area contributed by atoms with E-state index in [0.29, 0.717) is 25.1 Å². The molecule has 5 heteroatoms. The first-order valence-electron chi connectivity index (χ1n) is 6.78. The van der Waals surface area contributed by atoms with Gasteiger partial charge in [0, 0.05) is 18.7 Å². The van der Waals surface area contributed by atoms with E-state index in [1.807, 2.05) is 13.0 Å². The SMILES string of the molecule is CCCN(C(=O)c1ccccc1)C(COCC)C(=O)O. The van der Waals surface area contributed by atoms with Crippen molar-refractivity contribution in [2.75, 3.05) is 19.8 Å². The van der Waals surface area contributed by atoms with Gasteiger partial charge < -0.3 is 14.7 Å². The highest BCUT2D eigenvalue weighted by molar-refractivity contribution is 5.96. The molecule has 1 unspecified atom stereocenters. The predicted octanol–water partition coefficient (Wildman–Crippen LogP) is 2.03. The standard InChI is InChI=1S/C15H21NO4/c1-3-10-16(13(15(18)19)11-20-4-2)14(17)12-8-6-5-7-9-12/h5-9,13H,3-4,10-11H2,1-2H3,(H,18,19). The van der Waals surface area contributed by atoms with Crippen LogP contribution >= 0.6 is 0 Å². The Morgan fingerprint density at radius 3 is 2.40 bits per heavy atom. The van der Waals surface area contributed by atoms with Crippen LogP contribution in [0.25, 0.3) is 0 Å². The summed E-state index contributed by atoms with van der Waals surface area (Å²) in [6, 6.07) is 7.75. The fourth-order valence-electron chi connectivity index (χ4n) is 1.91. The molecule has 110 valence electrons. The van der Waals surface area contributed by atoms with Crippen LogP contribution in [-0.2, 0) is 9.53 Å². The number of rotatable bonds is 8. The minimum Gasteiger partial charge on any atom is -0.480 e. The molecule has 1 amide bonds. The second-order valence-corrected chi connectivity index (χ2v) is 4.38. The van der Waals surface area contributed by atoms with E-state index in [9.17, 15) is 14.7 Å². The zero-order chi connectivity index (χ0) is 15.0. The van der Waals surface area contributed by atoms with Crippen molar-refractivity contribution in [2.24, 2.45) is 0 Å². The molecule has 0 saturated heterocycles. The Balaban J connectivity index is 2.95. The smallest absolute Gasteiger partial charge is 0.328 e. The minimum absolute atomic E-state index is 0.00437. The third-order valence-corrected chi connectivity index (χ3v) is 2.89. The highest BCUT2D eigenvalue weighted by atomic mass is 16.5. The number of ether oxygens (including phenoxy) is 1. The Morgan fingerprint density at radius 1 is 1.25 bits per heavy atom. The lowest BCUT2D eigenvalue weighted by Crippen LogP contribution is -2.48. The summed E-state index contributed by atoms with van der Waals surface area (Å²) in [6.45, 7) is 4.51. The van der Waals surface area contributed by atoms with E-state index in [4.69, 9.17) is 4.74 Å². The molecule has 1 aromatic carbocycles. The van der Waals surface area contributed by atoms with Gasteiger partial charge in [0.05, 0.1) is 6.61 Å². The van der Waals surface area contributed by atoms with Crippen LogP contribution in [0.2, 0.25) is 0 Å². The van der Waals surface area contributed by atoms with Crippen molar-refractivity contribution in [1.29, 1.82) is 0 Å². The summed E-state index contributed by atoms with van der Waals surface area (Å²) in [5.74, 6) is -1.32. The maximum absolute atomic E-state index is 12.5. The molecule has 0 saturated carbocycles. The number of carboxylic acid groups (broad SMARTS) is 1. The van der Waals surface area contributed by atoms with Gasteiger partial charge in [0.2, 0.25) is 0 Å². The van der Waals surface area contributed by atoms with Crippen LogP contribution < -0.4 is 0 Å². The molecule has 0 aromatic heterocycles.